The van der Waals surface area contributed by atoms with E-state index in [1.165, 1.54) is 12.1 Å². The van der Waals surface area contributed by atoms with Gasteiger partial charge in [-0.05, 0) is 49.8 Å². The fraction of sp³-hybridized carbons (Fsp3) is 0.609. The van der Waals surface area contributed by atoms with E-state index in [1.54, 1.807) is 16.7 Å². The lowest BCUT2D eigenvalue weighted by Gasteiger charge is -2.38. The molecule has 2 amide bonds. The first kappa shape index (κ1) is 20.4. The predicted octanol–water partition coefficient (Wildman–Crippen LogP) is 2.46. The smallest absolute Gasteiger partial charge is 0.240 e. The molecule has 0 aromatic heterocycles. The van der Waals surface area contributed by atoms with Crippen LogP contribution in [0.2, 0.25) is 0 Å². The zero-order valence-corrected chi connectivity index (χ0v) is 17.7. The minimum atomic E-state index is -0.650. The first-order valence-corrected chi connectivity index (χ1v) is 11.0. The number of fused-ring (bicyclic) bond motifs is 3. The Bertz CT molecular complexity index is 959. The molecule has 0 spiro atoms. The van der Waals surface area contributed by atoms with Crippen molar-refractivity contribution < 1.29 is 18.4 Å². The number of nitrogens with zero attached hydrogens (tertiary/aromatic N) is 4. The highest BCUT2D eigenvalue weighted by Gasteiger charge is 2.55. The molecule has 3 saturated heterocycles. The molecule has 3 aliphatic heterocycles. The molecule has 2 bridgehead atoms. The van der Waals surface area contributed by atoms with Gasteiger partial charge in [0.15, 0.2) is 0 Å². The van der Waals surface area contributed by atoms with Crippen LogP contribution in [-0.4, -0.2) is 63.8 Å². The molecule has 2 unspecified atom stereocenters. The number of halogens is 2. The number of hydrogen-bond acceptors (Lipinski definition) is 4. The number of carbonyl (C=O) groups is 2. The number of carbonyl (C=O) groups excluding carboxylic acids is 2. The fourth-order valence-electron chi connectivity index (χ4n) is 5.95. The number of amides is 2. The molecular formula is C23H26F2N4O2. The van der Waals surface area contributed by atoms with E-state index in [1.807, 2.05) is 6.92 Å². The Kier molecular flexibility index (Phi) is 4.78. The summed E-state index contributed by atoms with van der Waals surface area (Å²) in [6.07, 6.45) is 2.44. The zero-order valence-electron chi connectivity index (χ0n) is 17.7. The molecule has 7 atom stereocenters. The Morgan fingerprint density at radius 3 is 2.55 bits per heavy atom. The van der Waals surface area contributed by atoms with Crippen LogP contribution in [0.4, 0.5) is 8.78 Å². The van der Waals surface area contributed by atoms with E-state index in [0.717, 1.165) is 18.9 Å². The van der Waals surface area contributed by atoms with Crippen LogP contribution in [0, 0.1) is 34.8 Å². The van der Waals surface area contributed by atoms with Crippen molar-refractivity contribution in [1.29, 1.82) is 5.26 Å². The molecule has 1 aliphatic carbocycles. The Balaban J connectivity index is 1.24. The van der Waals surface area contributed by atoms with E-state index < -0.39 is 17.7 Å². The van der Waals surface area contributed by atoms with E-state index in [2.05, 4.69) is 11.0 Å². The van der Waals surface area contributed by atoms with E-state index in [-0.39, 0.29) is 41.9 Å². The zero-order chi connectivity index (χ0) is 22.0. The third-order valence-corrected chi connectivity index (χ3v) is 7.54. The highest BCUT2D eigenvalue weighted by atomic mass is 19.1. The Hall–Kier alpha value is -2.53. The van der Waals surface area contributed by atoms with Crippen molar-refractivity contribution in [1.82, 2.24) is 14.7 Å². The number of hydrogen-bond donors (Lipinski definition) is 0. The van der Waals surface area contributed by atoms with Gasteiger partial charge < -0.3 is 9.80 Å². The number of nitriles is 1. The van der Waals surface area contributed by atoms with Crippen molar-refractivity contribution >= 4 is 11.8 Å². The van der Waals surface area contributed by atoms with E-state index in [9.17, 15) is 23.6 Å². The van der Waals surface area contributed by atoms with Crippen molar-refractivity contribution in [2.75, 3.05) is 13.1 Å². The Labute approximate surface area is 180 Å². The Morgan fingerprint density at radius 1 is 1.19 bits per heavy atom. The van der Waals surface area contributed by atoms with Gasteiger partial charge in [0.1, 0.15) is 17.7 Å². The van der Waals surface area contributed by atoms with Crippen LogP contribution in [0.5, 0.6) is 0 Å². The average molecular weight is 428 g/mol. The van der Waals surface area contributed by atoms with Crippen LogP contribution in [-0.2, 0) is 9.59 Å². The van der Waals surface area contributed by atoms with Crippen LogP contribution >= 0.6 is 0 Å². The van der Waals surface area contributed by atoms with Crippen molar-refractivity contribution in [3.63, 3.8) is 0 Å². The maximum absolute atomic E-state index is 13.6. The molecule has 1 saturated carbocycles. The first-order valence-electron chi connectivity index (χ1n) is 11.0. The molecule has 5 rings (SSSR count). The molecule has 8 heteroatoms. The normalized spacial score (nSPS) is 33.4. The van der Waals surface area contributed by atoms with Gasteiger partial charge in [-0.1, -0.05) is 6.92 Å². The molecule has 164 valence electrons. The quantitative estimate of drug-likeness (QED) is 0.723. The highest BCUT2D eigenvalue weighted by molar-refractivity contribution is 5.86. The summed E-state index contributed by atoms with van der Waals surface area (Å²) in [6, 6.07) is 4.78. The van der Waals surface area contributed by atoms with E-state index in [0.29, 0.717) is 31.0 Å². The monoisotopic (exact) mass is 428 g/mol. The van der Waals surface area contributed by atoms with Gasteiger partial charge in [-0.2, -0.15) is 5.26 Å². The van der Waals surface area contributed by atoms with Gasteiger partial charge in [0.05, 0.1) is 18.2 Å². The summed E-state index contributed by atoms with van der Waals surface area (Å²) < 4.78 is 27.3. The van der Waals surface area contributed by atoms with Gasteiger partial charge in [-0.25, -0.2) is 8.78 Å². The van der Waals surface area contributed by atoms with Crippen LogP contribution in [0.3, 0.4) is 0 Å². The Morgan fingerprint density at radius 2 is 1.90 bits per heavy atom. The fourth-order valence-corrected chi connectivity index (χ4v) is 5.95. The second kappa shape index (κ2) is 7.27. The van der Waals surface area contributed by atoms with E-state index in [4.69, 9.17) is 0 Å². The average Bonchev–Trinajstić information content (AvgIpc) is 3.05. The van der Waals surface area contributed by atoms with Gasteiger partial charge in [0.25, 0.3) is 0 Å². The van der Waals surface area contributed by atoms with E-state index >= 15 is 0 Å². The summed E-state index contributed by atoms with van der Waals surface area (Å²) in [7, 11) is 0. The summed E-state index contributed by atoms with van der Waals surface area (Å²) in [5.41, 5.74) is 0.448. The molecule has 1 aromatic rings. The molecule has 31 heavy (non-hydrogen) atoms. The van der Waals surface area contributed by atoms with Gasteiger partial charge in [0.2, 0.25) is 11.8 Å². The number of likely N-dealkylation sites (tertiary alicyclic amines) is 3. The van der Waals surface area contributed by atoms with Crippen LogP contribution in [0.15, 0.2) is 18.2 Å². The summed E-state index contributed by atoms with van der Waals surface area (Å²) in [5.74, 6) is -1.15. The molecule has 4 aliphatic rings. The predicted molar refractivity (Wildman–Crippen MR) is 107 cm³/mol. The highest BCUT2D eigenvalue weighted by Crippen LogP contribution is 2.48. The molecule has 4 fully saturated rings. The third kappa shape index (κ3) is 3.30. The summed E-state index contributed by atoms with van der Waals surface area (Å²) in [6.45, 7) is 4.79. The SMILES string of the molecule is C[C@@H](CN1CC2C[C@H]1C(=O)N2[C@@H](C)c1cc(F)cc(F)c1)C(=O)N1C2C[C@H]2C[C@H]1C#N. The van der Waals surface area contributed by atoms with Crippen LogP contribution in [0.1, 0.15) is 44.7 Å². The second-order valence-electron chi connectivity index (χ2n) is 9.57. The molecule has 1 aromatic carbocycles. The van der Waals surface area contributed by atoms with Crippen LogP contribution in [0.25, 0.3) is 0 Å². The minimum Gasteiger partial charge on any atom is -0.330 e. The van der Waals surface area contributed by atoms with Crippen LogP contribution < -0.4 is 0 Å². The maximum Gasteiger partial charge on any atom is 0.240 e. The maximum atomic E-state index is 13.6. The summed E-state index contributed by atoms with van der Waals surface area (Å²) >= 11 is 0. The van der Waals surface area contributed by atoms with Gasteiger partial charge >= 0.3 is 0 Å². The molecule has 6 nitrogen and oxygen atoms in total. The van der Waals surface area contributed by atoms with Crippen molar-refractivity contribution in [3.05, 3.63) is 35.4 Å². The topological polar surface area (TPSA) is 67.7 Å². The lowest BCUT2D eigenvalue weighted by atomic mass is 10.0. The third-order valence-electron chi connectivity index (χ3n) is 7.54. The number of benzene rings is 1. The van der Waals surface area contributed by atoms with Gasteiger partial charge in [-0.3, -0.25) is 14.5 Å². The molecular weight excluding hydrogens is 402 g/mol. The second-order valence-corrected chi connectivity index (χ2v) is 9.57. The lowest BCUT2D eigenvalue weighted by Crippen LogP contribution is -2.53. The summed E-state index contributed by atoms with van der Waals surface area (Å²) in [5, 5.41) is 9.37. The number of piperidine rings is 1. The molecule has 0 radical (unpaired) electrons. The largest absolute Gasteiger partial charge is 0.330 e. The standard InChI is InChI=1S/C23H26F2N4O2/c1-12(22(30)29-18(9-26)5-15-6-20(15)29)10-27-11-19-8-21(27)23(31)28(19)13(2)14-3-16(24)7-17(25)4-14/h3-4,7,12-13,15,18-21H,5-6,8,10-11H2,1-2H3/t12-,13-,15+,18-,19?,20?,21-/m0/s1. The van der Waals surface area contributed by atoms with Gasteiger partial charge in [0, 0.05) is 37.2 Å². The molecule has 3 heterocycles. The van der Waals surface area contributed by atoms with Crippen molar-refractivity contribution in [3.8, 4) is 6.07 Å². The summed E-state index contributed by atoms with van der Waals surface area (Å²) in [4.78, 5) is 31.7. The minimum absolute atomic E-state index is 0.00670. The van der Waals surface area contributed by atoms with Gasteiger partial charge in [-0.15, -0.1) is 0 Å². The first-order chi connectivity index (χ1) is 14.8. The number of rotatable bonds is 5. The number of piperazine rings is 1. The lowest BCUT2D eigenvalue weighted by molar-refractivity contribution is -0.142. The van der Waals surface area contributed by atoms with Crippen molar-refractivity contribution in [2.24, 2.45) is 11.8 Å². The van der Waals surface area contributed by atoms with Crippen molar-refractivity contribution in [2.45, 2.75) is 63.3 Å². The molecule has 0 N–H and O–H groups in total.